The Morgan fingerprint density at radius 1 is 1.36 bits per heavy atom. The zero-order chi connectivity index (χ0) is 15.9. The third-order valence-corrected chi connectivity index (χ3v) is 4.85. The molecule has 1 saturated carbocycles. The van der Waals surface area contributed by atoms with Crippen LogP contribution in [0.15, 0.2) is 5.38 Å². The Balaban J connectivity index is 1.98. The summed E-state index contributed by atoms with van der Waals surface area (Å²) in [5.74, 6) is -0.0516. The van der Waals surface area contributed by atoms with Crippen LogP contribution in [-0.2, 0) is 9.59 Å². The van der Waals surface area contributed by atoms with Crippen LogP contribution in [0.1, 0.15) is 57.6 Å². The molecular weight excluding hydrogens is 298 g/mol. The molecule has 0 aliphatic heterocycles. The quantitative estimate of drug-likeness (QED) is 0.873. The summed E-state index contributed by atoms with van der Waals surface area (Å²) in [6.07, 6.45) is 6.88. The Morgan fingerprint density at radius 3 is 2.68 bits per heavy atom. The van der Waals surface area contributed by atoms with Crippen molar-refractivity contribution < 1.29 is 9.59 Å². The van der Waals surface area contributed by atoms with Crippen LogP contribution in [0.25, 0.3) is 0 Å². The maximum absolute atomic E-state index is 12.4. The van der Waals surface area contributed by atoms with Gasteiger partial charge >= 0.3 is 0 Å². The van der Waals surface area contributed by atoms with E-state index in [1.807, 2.05) is 19.2 Å². The van der Waals surface area contributed by atoms with E-state index in [0.717, 1.165) is 37.8 Å². The summed E-state index contributed by atoms with van der Waals surface area (Å²) < 4.78 is 0. The van der Waals surface area contributed by atoms with Crippen LogP contribution in [0.4, 0.5) is 5.13 Å². The summed E-state index contributed by atoms with van der Waals surface area (Å²) in [7, 11) is 0. The number of thiazole rings is 1. The summed E-state index contributed by atoms with van der Waals surface area (Å²) in [5.41, 5.74) is 0.895. The number of anilines is 1. The predicted molar refractivity (Wildman–Crippen MR) is 89.0 cm³/mol. The number of amides is 2. The number of carbonyl (C=O) groups excluding carboxylic acids is 2. The molecule has 1 N–H and O–H groups in total. The van der Waals surface area contributed by atoms with Gasteiger partial charge in [0.05, 0.1) is 5.69 Å². The fourth-order valence-electron chi connectivity index (χ4n) is 2.90. The second-order valence-corrected chi connectivity index (χ2v) is 6.76. The highest BCUT2D eigenvalue weighted by Crippen LogP contribution is 2.23. The van der Waals surface area contributed by atoms with Gasteiger partial charge in [0, 0.05) is 17.8 Å². The molecular formula is C16H25N3O2S. The van der Waals surface area contributed by atoms with Gasteiger partial charge in [0.1, 0.15) is 6.54 Å². The number of carbonyl (C=O) groups is 2. The third-order valence-electron chi connectivity index (χ3n) is 3.98. The van der Waals surface area contributed by atoms with E-state index in [2.05, 4.69) is 10.3 Å². The standard InChI is InChI=1S/C16H25N3O2S/c1-3-7-15(21)19(13-8-5-4-6-9-13)10-14(20)18-16-17-12(2)11-22-16/h11,13H,3-10H2,1-2H3,(H,17,18,20). The Hall–Kier alpha value is -1.43. The molecule has 1 heterocycles. The normalized spacial score (nSPS) is 15.5. The average molecular weight is 323 g/mol. The van der Waals surface area contributed by atoms with E-state index < -0.39 is 0 Å². The lowest BCUT2D eigenvalue weighted by Crippen LogP contribution is -2.45. The number of hydrogen-bond donors (Lipinski definition) is 1. The second-order valence-electron chi connectivity index (χ2n) is 5.91. The van der Waals surface area contributed by atoms with Crippen LogP contribution < -0.4 is 5.32 Å². The number of aromatic nitrogens is 1. The van der Waals surface area contributed by atoms with E-state index >= 15 is 0 Å². The summed E-state index contributed by atoms with van der Waals surface area (Å²) in [4.78, 5) is 30.6. The molecule has 1 aromatic rings. The SMILES string of the molecule is CCCC(=O)N(CC(=O)Nc1nc(C)cs1)C1CCCCC1. The van der Waals surface area contributed by atoms with Gasteiger partial charge in [-0.05, 0) is 26.2 Å². The van der Waals surface area contributed by atoms with Crippen molar-refractivity contribution in [1.82, 2.24) is 9.88 Å². The van der Waals surface area contributed by atoms with Gasteiger partial charge in [-0.3, -0.25) is 9.59 Å². The van der Waals surface area contributed by atoms with E-state index in [0.29, 0.717) is 11.6 Å². The zero-order valence-electron chi connectivity index (χ0n) is 13.4. The van der Waals surface area contributed by atoms with Crippen molar-refractivity contribution in [3.63, 3.8) is 0 Å². The van der Waals surface area contributed by atoms with Gasteiger partial charge in [-0.15, -0.1) is 11.3 Å². The monoisotopic (exact) mass is 323 g/mol. The molecule has 0 unspecified atom stereocenters. The number of aryl methyl sites for hydroxylation is 1. The van der Waals surface area contributed by atoms with Crippen molar-refractivity contribution in [2.24, 2.45) is 0 Å². The minimum atomic E-state index is -0.149. The maximum atomic E-state index is 12.4. The number of nitrogens with one attached hydrogen (secondary N) is 1. The molecule has 0 saturated heterocycles. The summed E-state index contributed by atoms with van der Waals surface area (Å²) >= 11 is 1.41. The smallest absolute Gasteiger partial charge is 0.245 e. The number of rotatable bonds is 6. The van der Waals surface area contributed by atoms with Crippen LogP contribution in [0.3, 0.4) is 0 Å². The van der Waals surface area contributed by atoms with Gasteiger partial charge < -0.3 is 10.2 Å². The van der Waals surface area contributed by atoms with Crippen LogP contribution in [0.2, 0.25) is 0 Å². The van der Waals surface area contributed by atoms with Crippen LogP contribution >= 0.6 is 11.3 Å². The first-order chi connectivity index (χ1) is 10.6. The van der Waals surface area contributed by atoms with Crippen molar-refractivity contribution >= 4 is 28.3 Å². The van der Waals surface area contributed by atoms with E-state index in [9.17, 15) is 9.59 Å². The Kier molecular flexibility index (Phi) is 6.36. The highest BCUT2D eigenvalue weighted by molar-refractivity contribution is 7.13. The fraction of sp³-hybridized carbons (Fsp3) is 0.688. The first-order valence-electron chi connectivity index (χ1n) is 8.11. The highest BCUT2D eigenvalue weighted by atomic mass is 32.1. The van der Waals surface area contributed by atoms with E-state index in [1.54, 1.807) is 4.90 Å². The lowest BCUT2D eigenvalue weighted by atomic mass is 9.94. The lowest BCUT2D eigenvalue weighted by Gasteiger charge is -2.34. The summed E-state index contributed by atoms with van der Waals surface area (Å²) in [6, 6.07) is 0.219. The molecule has 1 fully saturated rings. The van der Waals surface area contributed by atoms with Crippen molar-refractivity contribution in [1.29, 1.82) is 0 Å². The van der Waals surface area contributed by atoms with Gasteiger partial charge in [-0.25, -0.2) is 4.98 Å². The Morgan fingerprint density at radius 2 is 2.09 bits per heavy atom. The van der Waals surface area contributed by atoms with Crippen molar-refractivity contribution in [3.05, 3.63) is 11.1 Å². The van der Waals surface area contributed by atoms with Crippen LogP contribution in [-0.4, -0.2) is 34.3 Å². The second kappa shape index (κ2) is 8.27. The fourth-order valence-corrected chi connectivity index (χ4v) is 3.60. The van der Waals surface area contributed by atoms with Gasteiger partial charge in [0.25, 0.3) is 0 Å². The molecule has 1 aromatic heterocycles. The van der Waals surface area contributed by atoms with Crippen LogP contribution in [0.5, 0.6) is 0 Å². The van der Waals surface area contributed by atoms with Gasteiger partial charge in [0.2, 0.25) is 11.8 Å². The molecule has 2 rings (SSSR count). The molecule has 1 aliphatic carbocycles. The molecule has 122 valence electrons. The predicted octanol–water partition coefficient (Wildman–Crippen LogP) is 3.35. The first-order valence-corrected chi connectivity index (χ1v) is 8.99. The maximum Gasteiger partial charge on any atom is 0.245 e. The van der Waals surface area contributed by atoms with Crippen LogP contribution in [0, 0.1) is 6.92 Å². The van der Waals surface area contributed by atoms with E-state index in [-0.39, 0.29) is 24.4 Å². The van der Waals surface area contributed by atoms with Gasteiger partial charge in [-0.2, -0.15) is 0 Å². The minimum Gasteiger partial charge on any atom is -0.330 e. The molecule has 0 atom stereocenters. The molecule has 0 spiro atoms. The number of nitrogens with zero attached hydrogens (tertiary/aromatic N) is 2. The number of hydrogen-bond acceptors (Lipinski definition) is 4. The summed E-state index contributed by atoms with van der Waals surface area (Å²) in [5, 5.41) is 5.31. The molecule has 5 nitrogen and oxygen atoms in total. The largest absolute Gasteiger partial charge is 0.330 e. The molecule has 2 amide bonds. The third kappa shape index (κ3) is 4.80. The first kappa shape index (κ1) is 16.9. The minimum absolute atomic E-state index is 0.0971. The molecule has 0 bridgehead atoms. The van der Waals surface area contributed by atoms with Gasteiger partial charge in [0.15, 0.2) is 5.13 Å². The average Bonchev–Trinajstić information content (AvgIpc) is 2.91. The molecule has 6 heteroatoms. The lowest BCUT2D eigenvalue weighted by molar-refractivity contribution is -0.137. The highest BCUT2D eigenvalue weighted by Gasteiger charge is 2.26. The van der Waals surface area contributed by atoms with Gasteiger partial charge in [-0.1, -0.05) is 26.2 Å². The Bertz CT molecular complexity index is 509. The van der Waals surface area contributed by atoms with Crippen molar-refractivity contribution in [2.45, 2.75) is 64.8 Å². The molecule has 1 aliphatic rings. The zero-order valence-corrected chi connectivity index (χ0v) is 14.2. The van der Waals surface area contributed by atoms with E-state index in [1.165, 1.54) is 17.8 Å². The molecule has 22 heavy (non-hydrogen) atoms. The summed E-state index contributed by atoms with van der Waals surface area (Å²) in [6.45, 7) is 4.03. The molecule has 0 radical (unpaired) electrons. The molecule has 0 aromatic carbocycles. The van der Waals surface area contributed by atoms with Crippen molar-refractivity contribution in [3.8, 4) is 0 Å². The van der Waals surface area contributed by atoms with E-state index in [4.69, 9.17) is 0 Å². The Labute approximate surface area is 136 Å². The topological polar surface area (TPSA) is 62.3 Å². The van der Waals surface area contributed by atoms with Crippen molar-refractivity contribution in [2.75, 3.05) is 11.9 Å².